The molecular formula is C23H26ClN3O3. The third kappa shape index (κ3) is 5.80. The Balaban J connectivity index is 1.57. The van der Waals surface area contributed by atoms with Crippen molar-refractivity contribution < 1.29 is 14.3 Å². The van der Waals surface area contributed by atoms with E-state index in [4.69, 9.17) is 27.5 Å². The lowest BCUT2D eigenvalue weighted by atomic mass is 10.1. The Hall–Kier alpha value is -2.91. The minimum absolute atomic E-state index is 0.278. The van der Waals surface area contributed by atoms with E-state index in [-0.39, 0.29) is 6.09 Å². The summed E-state index contributed by atoms with van der Waals surface area (Å²) in [5.41, 5.74) is 1.08. The van der Waals surface area contributed by atoms with Crippen molar-refractivity contribution in [1.29, 1.82) is 0 Å². The van der Waals surface area contributed by atoms with Crippen LogP contribution in [0.1, 0.15) is 31.9 Å². The van der Waals surface area contributed by atoms with Crippen LogP contribution in [0.2, 0.25) is 5.02 Å². The predicted molar refractivity (Wildman–Crippen MR) is 118 cm³/mol. The second kappa shape index (κ2) is 9.27. The van der Waals surface area contributed by atoms with Crippen molar-refractivity contribution in [1.82, 2.24) is 9.88 Å². The lowest BCUT2D eigenvalue weighted by Gasteiger charge is -2.36. The second-order valence-electron chi connectivity index (χ2n) is 8.03. The van der Waals surface area contributed by atoms with Gasteiger partial charge in [0, 0.05) is 48.4 Å². The summed E-state index contributed by atoms with van der Waals surface area (Å²) in [6.07, 6.45) is 5.11. The van der Waals surface area contributed by atoms with Crippen LogP contribution in [-0.2, 0) is 11.3 Å². The number of amides is 1. The zero-order valence-electron chi connectivity index (χ0n) is 17.5. The van der Waals surface area contributed by atoms with Crippen LogP contribution < -0.4 is 9.64 Å². The van der Waals surface area contributed by atoms with Gasteiger partial charge in [0.05, 0.1) is 0 Å². The number of nitrogens with zero attached hydrogens (tertiary/aromatic N) is 3. The number of piperazine rings is 1. The van der Waals surface area contributed by atoms with Crippen molar-refractivity contribution >= 4 is 23.5 Å². The summed E-state index contributed by atoms with van der Waals surface area (Å²) in [6, 6.07) is 11.1. The van der Waals surface area contributed by atoms with Gasteiger partial charge in [-0.3, -0.25) is 0 Å². The number of hydrogen-bond donors (Lipinski definition) is 0. The molecule has 1 aliphatic rings. The SMILES string of the molecule is C#Cc1ccc(COc2cccc(N3CCN(C(=O)OC(C)(C)C)CC3)n2)c(Cl)c1. The molecule has 6 nitrogen and oxygen atoms in total. The molecule has 7 heteroatoms. The predicted octanol–water partition coefficient (Wildman–Crippen LogP) is 4.35. The van der Waals surface area contributed by atoms with Gasteiger partial charge in [0.1, 0.15) is 18.0 Å². The molecule has 0 bridgehead atoms. The molecule has 0 saturated carbocycles. The molecule has 1 amide bonds. The number of halogens is 1. The van der Waals surface area contributed by atoms with E-state index < -0.39 is 5.60 Å². The maximum Gasteiger partial charge on any atom is 0.410 e. The quantitative estimate of drug-likeness (QED) is 0.679. The standard InChI is InChI=1S/C23H26ClN3O3/c1-5-17-9-10-18(19(24)15-17)16-29-21-8-6-7-20(25-21)26-11-13-27(14-12-26)22(28)30-23(2,3)4/h1,6-10,15H,11-14,16H2,2-4H3. The average molecular weight is 428 g/mol. The summed E-state index contributed by atoms with van der Waals surface area (Å²) in [7, 11) is 0. The Morgan fingerprint density at radius 1 is 1.20 bits per heavy atom. The Bertz CT molecular complexity index is 941. The Labute approximate surface area is 182 Å². The molecule has 1 fully saturated rings. The highest BCUT2D eigenvalue weighted by Crippen LogP contribution is 2.22. The minimum atomic E-state index is -0.495. The lowest BCUT2D eigenvalue weighted by Crippen LogP contribution is -2.50. The van der Waals surface area contributed by atoms with E-state index >= 15 is 0 Å². The third-order valence-electron chi connectivity index (χ3n) is 4.56. The number of carbonyl (C=O) groups excluding carboxylic acids is 1. The molecule has 1 aromatic heterocycles. The number of anilines is 1. The molecule has 2 heterocycles. The van der Waals surface area contributed by atoms with Gasteiger partial charge in [-0.2, -0.15) is 4.98 Å². The van der Waals surface area contributed by atoms with E-state index in [0.29, 0.717) is 43.7 Å². The first kappa shape index (κ1) is 21.8. The summed E-state index contributed by atoms with van der Waals surface area (Å²) in [6.45, 7) is 8.42. The number of benzene rings is 1. The van der Waals surface area contributed by atoms with Crippen LogP contribution in [0.15, 0.2) is 36.4 Å². The summed E-state index contributed by atoms with van der Waals surface area (Å²) in [4.78, 5) is 20.7. The van der Waals surface area contributed by atoms with Gasteiger partial charge in [-0.25, -0.2) is 4.79 Å². The topological polar surface area (TPSA) is 54.9 Å². The van der Waals surface area contributed by atoms with E-state index in [1.165, 1.54) is 0 Å². The number of ether oxygens (including phenoxy) is 2. The van der Waals surface area contributed by atoms with Crippen molar-refractivity contribution in [2.75, 3.05) is 31.1 Å². The molecule has 1 saturated heterocycles. The third-order valence-corrected chi connectivity index (χ3v) is 4.91. The van der Waals surface area contributed by atoms with Gasteiger partial charge in [0.15, 0.2) is 0 Å². The van der Waals surface area contributed by atoms with E-state index in [0.717, 1.165) is 16.9 Å². The van der Waals surface area contributed by atoms with Gasteiger partial charge in [0.25, 0.3) is 0 Å². The minimum Gasteiger partial charge on any atom is -0.473 e. The number of carbonyl (C=O) groups is 1. The van der Waals surface area contributed by atoms with Gasteiger partial charge in [-0.1, -0.05) is 29.7 Å². The van der Waals surface area contributed by atoms with Crippen molar-refractivity contribution in [2.24, 2.45) is 0 Å². The molecule has 3 rings (SSSR count). The van der Waals surface area contributed by atoms with E-state index in [2.05, 4.69) is 15.8 Å². The molecule has 2 aromatic rings. The maximum absolute atomic E-state index is 12.2. The van der Waals surface area contributed by atoms with Gasteiger partial charge in [0.2, 0.25) is 5.88 Å². The van der Waals surface area contributed by atoms with Gasteiger partial charge < -0.3 is 19.3 Å². The average Bonchev–Trinajstić information content (AvgIpc) is 2.72. The molecular weight excluding hydrogens is 402 g/mol. The summed E-state index contributed by atoms with van der Waals surface area (Å²) < 4.78 is 11.3. The highest BCUT2D eigenvalue weighted by atomic mass is 35.5. The van der Waals surface area contributed by atoms with Gasteiger partial charge >= 0.3 is 6.09 Å². The molecule has 0 unspecified atom stereocenters. The van der Waals surface area contributed by atoms with Crippen molar-refractivity contribution in [2.45, 2.75) is 33.0 Å². The molecule has 1 aliphatic heterocycles. The summed E-state index contributed by atoms with van der Waals surface area (Å²) in [5, 5.41) is 0.569. The van der Waals surface area contributed by atoms with Gasteiger partial charge in [-0.05, 0) is 39.0 Å². The van der Waals surface area contributed by atoms with Crippen LogP contribution in [0.4, 0.5) is 10.6 Å². The van der Waals surface area contributed by atoms with Crippen LogP contribution in [0.5, 0.6) is 5.88 Å². The Morgan fingerprint density at radius 2 is 1.93 bits per heavy atom. The maximum atomic E-state index is 12.2. The van der Waals surface area contributed by atoms with Crippen LogP contribution in [0, 0.1) is 12.3 Å². The fourth-order valence-corrected chi connectivity index (χ4v) is 3.25. The molecule has 0 aliphatic carbocycles. The first-order valence-corrected chi connectivity index (χ1v) is 10.2. The Kier molecular flexibility index (Phi) is 6.73. The van der Waals surface area contributed by atoms with Crippen molar-refractivity contribution in [3.05, 3.63) is 52.5 Å². The van der Waals surface area contributed by atoms with Crippen molar-refractivity contribution in [3.63, 3.8) is 0 Å². The fourth-order valence-electron chi connectivity index (χ4n) is 3.01. The molecule has 1 aromatic carbocycles. The molecule has 0 radical (unpaired) electrons. The molecule has 158 valence electrons. The van der Waals surface area contributed by atoms with Crippen molar-refractivity contribution in [3.8, 4) is 18.2 Å². The normalized spacial score (nSPS) is 14.2. The summed E-state index contributed by atoms with van der Waals surface area (Å²) >= 11 is 6.26. The zero-order chi connectivity index (χ0) is 21.7. The smallest absolute Gasteiger partial charge is 0.410 e. The number of pyridine rings is 1. The first-order chi connectivity index (χ1) is 14.2. The van der Waals surface area contributed by atoms with Crippen LogP contribution in [0.3, 0.4) is 0 Å². The monoisotopic (exact) mass is 427 g/mol. The first-order valence-electron chi connectivity index (χ1n) is 9.83. The molecule has 0 spiro atoms. The highest BCUT2D eigenvalue weighted by Gasteiger charge is 2.26. The second-order valence-corrected chi connectivity index (χ2v) is 8.43. The van der Waals surface area contributed by atoms with Crippen LogP contribution in [0.25, 0.3) is 0 Å². The van der Waals surface area contributed by atoms with E-state index in [1.807, 2.05) is 51.1 Å². The fraction of sp³-hybridized carbons (Fsp3) is 0.391. The van der Waals surface area contributed by atoms with Crippen LogP contribution in [-0.4, -0.2) is 47.8 Å². The van der Waals surface area contributed by atoms with Gasteiger partial charge in [-0.15, -0.1) is 6.42 Å². The van der Waals surface area contributed by atoms with Crippen LogP contribution >= 0.6 is 11.6 Å². The largest absolute Gasteiger partial charge is 0.473 e. The number of aromatic nitrogens is 1. The Morgan fingerprint density at radius 3 is 2.57 bits per heavy atom. The lowest BCUT2D eigenvalue weighted by molar-refractivity contribution is 0.0240. The highest BCUT2D eigenvalue weighted by molar-refractivity contribution is 6.31. The number of terminal acetylenes is 1. The van der Waals surface area contributed by atoms with E-state index in [9.17, 15) is 4.79 Å². The molecule has 0 N–H and O–H groups in total. The molecule has 30 heavy (non-hydrogen) atoms. The summed E-state index contributed by atoms with van der Waals surface area (Å²) in [5.74, 6) is 3.88. The van der Waals surface area contributed by atoms with E-state index in [1.54, 1.807) is 11.0 Å². The zero-order valence-corrected chi connectivity index (χ0v) is 18.3. The number of hydrogen-bond acceptors (Lipinski definition) is 5. The molecule has 0 atom stereocenters. The number of rotatable bonds is 4.